The number of hydrogen-bond donors (Lipinski definition) is 0. The molecule has 1 saturated heterocycles. The van der Waals surface area contributed by atoms with Crippen molar-refractivity contribution in [3.05, 3.63) is 0 Å². The minimum Gasteiger partial charge on any atom is -0.553 e. The van der Waals surface area contributed by atoms with Crippen LogP contribution < -0.4 is 5.11 Å². The third-order valence-electron chi connectivity index (χ3n) is 2.48. The largest absolute Gasteiger partial charge is 0.553 e. The molecule has 0 aromatic heterocycles. The van der Waals surface area contributed by atoms with Gasteiger partial charge in [-0.05, 0) is 6.92 Å². The topological polar surface area (TPSA) is 58.6 Å². The molecule has 5 nitrogen and oxygen atoms in total. The van der Waals surface area contributed by atoms with Crippen LogP contribution in [-0.2, 0) is 9.47 Å². The molecule has 0 saturated carbocycles. The maximum atomic E-state index is 9.03. The summed E-state index contributed by atoms with van der Waals surface area (Å²) in [6.07, 6.45) is -1.50. The van der Waals surface area contributed by atoms with E-state index in [1.54, 1.807) is 0 Å². The highest BCUT2D eigenvalue weighted by Gasteiger charge is 2.21. The number of carboxylic acid groups (broad SMARTS) is 1. The number of morpholine rings is 1. The number of likely N-dealkylation sites (N-methyl/N-ethyl adjacent to an activating group) is 1. The Morgan fingerprint density at radius 3 is 2.14 bits per heavy atom. The lowest BCUT2D eigenvalue weighted by molar-refractivity contribution is -0.915. The first-order chi connectivity index (χ1) is 6.54. The average molecular weight is 205 g/mol. The highest BCUT2D eigenvalue weighted by molar-refractivity contribution is 5.53. The Kier molecular flexibility index (Phi) is 6.23. The third kappa shape index (κ3) is 5.77. The molecule has 0 aromatic rings. The van der Waals surface area contributed by atoms with Crippen LogP contribution in [0.2, 0.25) is 0 Å². The normalized spacial score (nSPS) is 19.1. The number of ether oxygens (including phenoxy) is 2. The van der Waals surface area contributed by atoms with Gasteiger partial charge in [0.15, 0.2) is 0 Å². The van der Waals surface area contributed by atoms with Crippen molar-refractivity contribution in [1.29, 1.82) is 0 Å². The molecule has 0 atom stereocenters. The Bertz CT molecular complexity index is 166. The van der Waals surface area contributed by atoms with E-state index in [2.05, 4.69) is 18.7 Å². The zero-order valence-electron chi connectivity index (χ0n) is 9.12. The maximum Gasteiger partial charge on any atom is 0.251 e. The van der Waals surface area contributed by atoms with Gasteiger partial charge in [0.25, 0.3) is 6.16 Å². The first-order valence-electron chi connectivity index (χ1n) is 4.70. The van der Waals surface area contributed by atoms with Gasteiger partial charge in [-0.2, -0.15) is 0 Å². The van der Waals surface area contributed by atoms with Crippen LogP contribution in [0.4, 0.5) is 4.79 Å². The van der Waals surface area contributed by atoms with Crippen LogP contribution in [0.25, 0.3) is 0 Å². The molecule has 1 heterocycles. The van der Waals surface area contributed by atoms with Crippen LogP contribution in [0, 0.1) is 0 Å². The molecule has 1 rings (SSSR count). The first kappa shape index (κ1) is 13.2. The Labute approximate surface area is 84.8 Å². The second-order valence-corrected chi connectivity index (χ2v) is 3.45. The number of rotatable bonds is 1. The van der Waals surface area contributed by atoms with Crippen LogP contribution in [0.5, 0.6) is 0 Å². The molecule has 1 aliphatic rings. The highest BCUT2D eigenvalue weighted by atomic mass is 16.6. The van der Waals surface area contributed by atoms with Gasteiger partial charge in [0.2, 0.25) is 0 Å². The maximum absolute atomic E-state index is 9.03. The third-order valence-corrected chi connectivity index (χ3v) is 2.48. The second kappa shape index (κ2) is 6.62. The zero-order chi connectivity index (χ0) is 11.0. The summed E-state index contributed by atoms with van der Waals surface area (Å²) in [5.74, 6) is 0. The summed E-state index contributed by atoms with van der Waals surface area (Å²) in [7, 11) is 3.33. The summed E-state index contributed by atoms with van der Waals surface area (Å²) in [5, 5.41) is 9.03. The monoisotopic (exact) mass is 205 g/mol. The van der Waals surface area contributed by atoms with Gasteiger partial charge >= 0.3 is 0 Å². The molecule has 0 unspecified atom stereocenters. The molecule has 0 bridgehead atoms. The lowest BCUT2D eigenvalue weighted by atomic mass is 10.3. The molecule has 1 fully saturated rings. The predicted molar refractivity (Wildman–Crippen MR) is 49.7 cm³/mol. The van der Waals surface area contributed by atoms with E-state index in [1.165, 1.54) is 24.1 Å². The number of quaternary nitrogens is 1. The average Bonchev–Trinajstić information content (AvgIpc) is 2.20. The van der Waals surface area contributed by atoms with Gasteiger partial charge in [0, 0.05) is 7.11 Å². The van der Waals surface area contributed by atoms with Crippen molar-refractivity contribution < 1.29 is 23.9 Å². The molecule has 0 N–H and O–H groups in total. The summed E-state index contributed by atoms with van der Waals surface area (Å²) in [5.41, 5.74) is 0. The number of carbonyl (C=O) groups is 1. The molecule has 5 heteroatoms. The van der Waals surface area contributed by atoms with Crippen molar-refractivity contribution in [1.82, 2.24) is 0 Å². The van der Waals surface area contributed by atoms with E-state index in [-0.39, 0.29) is 0 Å². The first-order valence-corrected chi connectivity index (χ1v) is 4.70. The number of carbonyl (C=O) groups excluding carboxylic acids is 1. The van der Waals surface area contributed by atoms with Crippen molar-refractivity contribution in [3.8, 4) is 0 Å². The second-order valence-electron chi connectivity index (χ2n) is 3.45. The van der Waals surface area contributed by atoms with Gasteiger partial charge in [-0.1, -0.05) is 0 Å². The van der Waals surface area contributed by atoms with E-state index in [0.29, 0.717) is 0 Å². The van der Waals surface area contributed by atoms with Gasteiger partial charge in [0.05, 0.1) is 26.8 Å². The fraction of sp³-hybridized carbons (Fsp3) is 0.889. The van der Waals surface area contributed by atoms with Crippen LogP contribution in [0.15, 0.2) is 0 Å². The Morgan fingerprint density at radius 2 is 1.93 bits per heavy atom. The van der Waals surface area contributed by atoms with E-state index in [4.69, 9.17) is 14.6 Å². The van der Waals surface area contributed by atoms with Crippen LogP contribution in [-0.4, -0.2) is 57.6 Å². The van der Waals surface area contributed by atoms with Crippen molar-refractivity contribution in [2.45, 2.75) is 6.92 Å². The number of nitrogens with zero attached hydrogens (tertiary/aromatic N) is 1. The van der Waals surface area contributed by atoms with Gasteiger partial charge in [-0.3, -0.25) is 0 Å². The van der Waals surface area contributed by atoms with E-state index < -0.39 is 6.16 Å². The van der Waals surface area contributed by atoms with Crippen molar-refractivity contribution in [2.24, 2.45) is 0 Å². The molecule has 0 spiro atoms. The fourth-order valence-corrected chi connectivity index (χ4v) is 1.10. The fourth-order valence-electron chi connectivity index (χ4n) is 1.10. The van der Waals surface area contributed by atoms with Crippen molar-refractivity contribution in [3.63, 3.8) is 0 Å². The lowest BCUT2D eigenvalue weighted by Crippen LogP contribution is -2.51. The summed E-state index contributed by atoms with van der Waals surface area (Å²) < 4.78 is 10.0. The molecule has 0 amide bonds. The molecule has 1 aliphatic heterocycles. The van der Waals surface area contributed by atoms with E-state index >= 15 is 0 Å². The van der Waals surface area contributed by atoms with Crippen LogP contribution in [0.3, 0.4) is 0 Å². The summed E-state index contributed by atoms with van der Waals surface area (Å²) in [6.45, 7) is 7.76. The molecule has 14 heavy (non-hydrogen) atoms. The zero-order valence-corrected chi connectivity index (χ0v) is 9.12. The summed E-state index contributed by atoms with van der Waals surface area (Å²) in [4.78, 5) is 9.03. The molecule has 0 radical (unpaired) electrons. The highest BCUT2D eigenvalue weighted by Crippen LogP contribution is 2.05. The van der Waals surface area contributed by atoms with Gasteiger partial charge in [-0.25, -0.2) is 0 Å². The van der Waals surface area contributed by atoms with Crippen LogP contribution >= 0.6 is 0 Å². The Hall–Kier alpha value is -0.810. The minimum absolute atomic E-state index is 0.949. The van der Waals surface area contributed by atoms with Crippen LogP contribution in [0.1, 0.15) is 6.92 Å². The summed E-state index contributed by atoms with van der Waals surface area (Å²) in [6, 6.07) is 0. The molecular weight excluding hydrogens is 186 g/mol. The standard InChI is InChI=1S/C7H16NO.C2H4O3/c1-3-8(2)4-6-9-7-5-8;1-5-2(3)4/h3-7H2,1-2H3;1H3,(H,3,4)/q+1;/p-1. The van der Waals surface area contributed by atoms with E-state index in [9.17, 15) is 0 Å². The molecule has 0 aromatic carbocycles. The van der Waals surface area contributed by atoms with E-state index in [1.807, 2.05) is 0 Å². The molecular formula is C9H19NO4. The Balaban J connectivity index is 0.000000292. The SMILES string of the molecule is CC[N+]1(C)CCOCC1.COC(=O)[O-]. The van der Waals surface area contributed by atoms with Gasteiger partial charge < -0.3 is 23.9 Å². The predicted octanol–water partition coefficient (Wildman–Crippen LogP) is -0.541. The van der Waals surface area contributed by atoms with Crippen molar-refractivity contribution in [2.75, 3.05) is 47.0 Å². The molecule has 0 aliphatic carbocycles. The minimum atomic E-state index is -1.50. The van der Waals surface area contributed by atoms with E-state index in [0.717, 1.165) is 20.3 Å². The molecule has 84 valence electrons. The van der Waals surface area contributed by atoms with Crippen molar-refractivity contribution >= 4 is 6.16 Å². The number of methoxy groups -OCH3 is 1. The Morgan fingerprint density at radius 1 is 1.50 bits per heavy atom. The van der Waals surface area contributed by atoms with Gasteiger partial charge in [0.1, 0.15) is 13.1 Å². The van der Waals surface area contributed by atoms with Gasteiger partial charge in [-0.15, -0.1) is 0 Å². The lowest BCUT2D eigenvalue weighted by Gasteiger charge is -2.36. The smallest absolute Gasteiger partial charge is 0.251 e. The quantitative estimate of drug-likeness (QED) is 0.426. The summed E-state index contributed by atoms with van der Waals surface area (Å²) >= 11 is 0. The number of hydrogen-bond acceptors (Lipinski definition) is 4.